The number of pyridine rings is 1. The Morgan fingerprint density at radius 3 is 2.72 bits per heavy atom. The fraction of sp³-hybridized carbons (Fsp3) is 0.350. The zero-order valence-electron chi connectivity index (χ0n) is 14.3. The molecule has 25 heavy (non-hydrogen) atoms. The van der Waals surface area contributed by atoms with Crippen LogP contribution in [0.5, 0.6) is 0 Å². The molecule has 0 fully saturated rings. The van der Waals surface area contributed by atoms with Crippen molar-refractivity contribution in [2.75, 3.05) is 6.61 Å². The number of ether oxygens (including phenoxy) is 1. The number of carbonyl (C=O) groups excluding carboxylic acids is 2. The first-order valence-corrected chi connectivity index (χ1v) is 8.62. The van der Waals surface area contributed by atoms with Gasteiger partial charge < -0.3 is 10.1 Å². The number of nitrogens with one attached hydrogen (secondary N) is 1. The number of hydrogen-bond acceptors (Lipinski definition) is 4. The second kappa shape index (κ2) is 7.92. The molecule has 1 atom stereocenters. The van der Waals surface area contributed by atoms with Gasteiger partial charge in [0.05, 0.1) is 6.04 Å². The maximum Gasteiger partial charge on any atom is 0.357 e. The van der Waals surface area contributed by atoms with Crippen LogP contribution in [0.15, 0.2) is 42.6 Å². The smallest absolute Gasteiger partial charge is 0.357 e. The summed E-state index contributed by atoms with van der Waals surface area (Å²) in [5, 5.41) is 2.87. The van der Waals surface area contributed by atoms with E-state index in [1.165, 1.54) is 30.2 Å². The lowest BCUT2D eigenvalue weighted by molar-refractivity contribution is -0.124. The van der Waals surface area contributed by atoms with Crippen molar-refractivity contribution in [1.82, 2.24) is 10.3 Å². The highest BCUT2D eigenvalue weighted by Gasteiger charge is 2.16. The Morgan fingerprint density at radius 2 is 1.96 bits per heavy atom. The fourth-order valence-corrected chi connectivity index (χ4v) is 3.08. The average molecular weight is 338 g/mol. The van der Waals surface area contributed by atoms with Gasteiger partial charge in [-0.2, -0.15) is 0 Å². The Balaban J connectivity index is 1.53. The van der Waals surface area contributed by atoms with Crippen LogP contribution in [-0.4, -0.2) is 23.5 Å². The summed E-state index contributed by atoms with van der Waals surface area (Å²) in [4.78, 5) is 27.7. The Labute approximate surface area is 147 Å². The molecular formula is C20H22N2O3. The van der Waals surface area contributed by atoms with E-state index in [4.69, 9.17) is 4.74 Å². The van der Waals surface area contributed by atoms with Crippen LogP contribution in [0.4, 0.5) is 0 Å². The number of fused-ring (bicyclic) bond motifs is 1. The molecule has 3 rings (SSSR count). The van der Waals surface area contributed by atoms with E-state index >= 15 is 0 Å². The molecule has 130 valence electrons. The van der Waals surface area contributed by atoms with Crippen molar-refractivity contribution in [3.05, 3.63) is 65.0 Å². The molecule has 0 saturated carbocycles. The van der Waals surface area contributed by atoms with Gasteiger partial charge in [0.2, 0.25) is 0 Å². The van der Waals surface area contributed by atoms with Crippen LogP contribution in [-0.2, 0) is 22.4 Å². The number of hydrogen-bond donors (Lipinski definition) is 1. The van der Waals surface area contributed by atoms with Crippen LogP contribution in [0, 0.1) is 0 Å². The van der Waals surface area contributed by atoms with E-state index < -0.39 is 5.97 Å². The molecule has 1 aromatic heterocycles. The minimum atomic E-state index is -0.600. The van der Waals surface area contributed by atoms with E-state index in [0.29, 0.717) is 0 Å². The standard InChI is InChI=1S/C20H22N2O3/c1-14(16-10-9-15-6-2-3-7-17(15)12-16)22-19(23)13-25-20(24)18-8-4-5-11-21-18/h4-5,8-12,14H,2-3,6-7,13H2,1H3,(H,22,23)/t14-/m1/s1. The maximum absolute atomic E-state index is 12.0. The zero-order chi connectivity index (χ0) is 17.6. The van der Waals surface area contributed by atoms with E-state index in [1.807, 2.05) is 6.92 Å². The third-order valence-electron chi connectivity index (χ3n) is 4.46. The Bertz CT molecular complexity index is 759. The number of benzene rings is 1. The van der Waals surface area contributed by atoms with Crippen LogP contribution in [0.3, 0.4) is 0 Å². The second-order valence-electron chi connectivity index (χ2n) is 6.32. The lowest BCUT2D eigenvalue weighted by Gasteiger charge is -2.20. The van der Waals surface area contributed by atoms with Crippen molar-refractivity contribution < 1.29 is 14.3 Å². The highest BCUT2D eigenvalue weighted by atomic mass is 16.5. The number of aromatic nitrogens is 1. The summed E-state index contributed by atoms with van der Waals surface area (Å²) in [5.74, 6) is -0.924. The summed E-state index contributed by atoms with van der Waals surface area (Å²) < 4.78 is 5.00. The van der Waals surface area contributed by atoms with E-state index in [0.717, 1.165) is 18.4 Å². The quantitative estimate of drug-likeness (QED) is 0.851. The van der Waals surface area contributed by atoms with Crippen LogP contribution >= 0.6 is 0 Å². The molecule has 1 aliphatic carbocycles. The average Bonchev–Trinajstić information content (AvgIpc) is 2.66. The molecule has 0 aliphatic heterocycles. The van der Waals surface area contributed by atoms with E-state index in [-0.39, 0.29) is 24.2 Å². The first-order valence-electron chi connectivity index (χ1n) is 8.62. The van der Waals surface area contributed by atoms with Gasteiger partial charge in [0.15, 0.2) is 6.61 Å². The number of esters is 1. The third kappa shape index (κ3) is 4.44. The third-order valence-corrected chi connectivity index (χ3v) is 4.46. The first kappa shape index (κ1) is 17.1. The molecule has 1 N–H and O–H groups in total. The van der Waals surface area contributed by atoms with Crippen molar-refractivity contribution in [3.8, 4) is 0 Å². The molecule has 0 unspecified atom stereocenters. The van der Waals surface area contributed by atoms with Gasteiger partial charge >= 0.3 is 5.97 Å². The number of rotatable bonds is 5. The molecule has 1 aliphatic rings. The molecule has 5 nitrogen and oxygen atoms in total. The first-order chi connectivity index (χ1) is 12.1. The van der Waals surface area contributed by atoms with Gasteiger partial charge in [-0.25, -0.2) is 9.78 Å². The Morgan fingerprint density at radius 1 is 1.16 bits per heavy atom. The summed E-state index contributed by atoms with van der Waals surface area (Å²) in [6, 6.07) is 11.2. The van der Waals surface area contributed by atoms with Gasteiger partial charge in [0.1, 0.15) is 5.69 Å². The van der Waals surface area contributed by atoms with Gasteiger partial charge in [0.25, 0.3) is 5.91 Å². The van der Waals surface area contributed by atoms with Crippen LogP contribution in [0.25, 0.3) is 0 Å². The topological polar surface area (TPSA) is 68.3 Å². The van der Waals surface area contributed by atoms with E-state index in [1.54, 1.807) is 18.2 Å². The monoisotopic (exact) mass is 338 g/mol. The van der Waals surface area contributed by atoms with Gasteiger partial charge in [-0.15, -0.1) is 0 Å². The summed E-state index contributed by atoms with van der Waals surface area (Å²) in [6.45, 7) is 1.62. The van der Waals surface area contributed by atoms with Crippen LogP contribution in [0.1, 0.15) is 53.0 Å². The summed E-state index contributed by atoms with van der Waals surface area (Å²) in [6.07, 6.45) is 6.22. The van der Waals surface area contributed by atoms with E-state index in [9.17, 15) is 9.59 Å². The molecule has 1 aromatic carbocycles. The molecule has 0 radical (unpaired) electrons. The molecule has 1 heterocycles. The minimum Gasteiger partial charge on any atom is -0.451 e. The van der Waals surface area contributed by atoms with Crippen molar-refractivity contribution >= 4 is 11.9 Å². The fourth-order valence-electron chi connectivity index (χ4n) is 3.08. The van der Waals surface area contributed by atoms with Crippen molar-refractivity contribution in [2.24, 2.45) is 0 Å². The van der Waals surface area contributed by atoms with Crippen molar-refractivity contribution in [3.63, 3.8) is 0 Å². The number of amides is 1. The van der Waals surface area contributed by atoms with Crippen LogP contribution < -0.4 is 5.32 Å². The zero-order valence-corrected chi connectivity index (χ0v) is 14.3. The maximum atomic E-state index is 12.0. The predicted molar refractivity (Wildman–Crippen MR) is 94.2 cm³/mol. The summed E-state index contributed by atoms with van der Waals surface area (Å²) >= 11 is 0. The molecule has 0 saturated heterocycles. The number of nitrogens with zero attached hydrogens (tertiary/aromatic N) is 1. The highest BCUT2D eigenvalue weighted by molar-refractivity contribution is 5.89. The van der Waals surface area contributed by atoms with Crippen molar-refractivity contribution in [1.29, 1.82) is 0 Å². The largest absolute Gasteiger partial charge is 0.451 e. The molecule has 1 amide bonds. The van der Waals surface area contributed by atoms with Crippen LogP contribution in [0.2, 0.25) is 0 Å². The van der Waals surface area contributed by atoms with Gasteiger partial charge in [0, 0.05) is 6.20 Å². The Hall–Kier alpha value is -2.69. The van der Waals surface area contributed by atoms with Gasteiger partial charge in [-0.1, -0.05) is 24.3 Å². The normalized spacial score (nSPS) is 14.3. The molecule has 0 spiro atoms. The summed E-state index contributed by atoms with van der Waals surface area (Å²) in [7, 11) is 0. The molecule has 5 heteroatoms. The van der Waals surface area contributed by atoms with Crippen molar-refractivity contribution in [2.45, 2.75) is 38.6 Å². The SMILES string of the molecule is C[C@@H](NC(=O)COC(=O)c1ccccn1)c1ccc2c(c1)CCCC2. The number of carbonyl (C=O) groups is 2. The molecule has 2 aromatic rings. The van der Waals surface area contributed by atoms with E-state index in [2.05, 4.69) is 28.5 Å². The minimum absolute atomic E-state index is 0.131. The number of aryl methyl sites for hydroxylation is 2. The summed E-state index contributed by atoms with van der Waals surface area (Å²) in [5.41, 5.74) is 4.06. The molecular weight excluding hydrogens is 316 g/mol. The lowest BCUT2D eigenvalue weighted by atomic mass is 9.89. The van der Waals surface area contributed by atoms with Gasteiger partial charge in [-0.3, -0.25) is 4.79 Å². The van der Waals surface area contributed by atoms with Gasteiger partial charge in [-0.05, 0) is 61.4 Å². The molecule has 0 bridgehead atoms. The lowest BCUT2D eigenvalue weighted by Crippen LogP contribution is -2.31. The Kier molecular flexibility index (Phi) is 5.43. The predicted octanol–water partition coefficient (Wildman–Crippen LogP) is 2.99. The highest BCUT2D eigenvalue weighted by Crippen LogP contribution is 2.24. The second-order valence-corrected chi connectivity index (χ2v) is 6.32.